The van der Waals surface area contributed by atoms with Crippen LogP contribution in [-0.2, 0) is 10.0 Å². The average Bonchev–Trinajstić information content (AvgIpc) is 3.66. The number of nitrogens with zero attached hydrogens (tertiary/aromatic N) is 4. The van der Waals surface area contributed by atoms with Gasteiger partial charge in [0.1, 0.15) is 16.6 Å². The third-order valence-electron chi connectivity index (χ3n) is 6.45. The number of pyridine rings is 2. The molecule has 8 heteroatoms. The lowest BCUT2D eigenvalue weighted by Crippen LogP contribution is -2.34. The van der Waals surface area contributed by atoms with Crippen molar-refractivity contribution >= 4 is 26.8 Å². The van der Waals surface area contributed by atoms with Crippen LogP contribution in [-0.4, -0.2) is 28.5 Å². The molecule has 160 valence electrons. The highest BCUT2D eigenvalue weighted by Gasteiger charge is 2.41. The number of rotatable bonds is 6. The first-order valence-electron chi connectivity index (χ1n) is 10.7. The van der Waals surface area contributed by atoms with Crippen LogP contribution in [0.5, 0.6) is 0 Å². The van der Waals surface area contributed by atoms with Gasteiger partial charge in [-0.15, -0.1) is 0 Å². The molecule has 0 aromatic carbocycles. The van der Waals surface area contributed by atoms with Crippen molar-refractivity contribution in [2.24, 2.45) is 0 Å². The quantitative estimate of drug-likeness (QED) is 0.618. The summed E-state index contributed by atoms with van der Waals surface area (Å²) < 4.78 is 30.1. The second kappa shape index (κ2) is 6.61. The van der Waals surface area contributed by atoms with Crippen LogP contribution in [0.1, 0.15) is 49.7 Å². The van der Waals surface area contributed by atoms with Gasteiger partial charge >= 0.3 is 0 Å². The fraction of sp³-hybridized carbons (Fsp3) is 0.292. The summed E-state index contributed by atoms with van der Waals surface area (Å²) >= 11 is 0. The van der Waals surface area contributed by atoms with Gasteiger partial charge in [0.2, 0.25) is 10.0 Å². The van der Waals surface area contributed by atoms with Crippen LogP contribution in [0.4, 0.5) is 0 Å². The van der Waals surface area contributed by atoms with Crippen LogP contribution in [0.25, 0.3) is 28.1 Å². The molecule has 32 heavy (non-hydrogen) atoms. The molecular weight excluding hydrogens is 422 g/mol. The number of hydrogen-bond acceptors (Lipinski definition) is 5. The average molecular weight is 444 g/mol. The Morgan fingerprint density at radius 3 is 2.56 bits per heavy atom. The summed E-state index contributed by atoms with van der Waals surface area (Å²) in [6, 6.07) is 7.63. The number of allylic oxidation sites excluding steroid dienone is 4. The lowest BCUT2D eigenvalue weighted by molar-refractivity contribution is 0.557. The second-order valence-corrected chi connectivity index (χ2v) is 10.8. The van der Waals surface area contributed by atoms with E-state index in [0.717, 1.165) is 42.3 Å². The third kappa shape index (κ3) is 3.08. The fourth-order valence-electron chi connectivity index (χ4n) is 4.11. The molecule has 0 bridgehead atoms. The summed E-state index contributed by atoms with van der Waals surface area (Å²) in [6.45, 7) is 1.90. The van der Waals surface area contributed by atoms with Crippen molar-refractivity contribution in [3.8, 4) is 17.5 Å². The molecule has 0 unspecified atom stereocenters. The molecule has 3 aliphatic carbocycles. The first-order chi connectivity index (χ1) is 15.4. The molecule has 0 amide bonds. The van der Waals surface area contributed by atoms with Gasteiger partial charge in [0.25, 0.3) is 0 Å². The monoisotopic (exact) mass is 443 g/mol. The number of nitrogens with one attached hydrogen (secondary N) is 1. The van der Waals surface area contributed by atoms with E-state index in [-0.39, 0.29) is 10.4 Å². The number of nitriles is 1. The summed E-state index contributed by atoms with van der Waals surface area (Å²) in [7, 11) is -3.64. The Morgan fingerprint density at radius 2 is 2.00 bits per heavy atom. The Labute approximate surface area is 186 Å². The molecule has 0 atom stereocenters. The second-order valence-electron chi connectivity index (χ2n) is 9.08. The standard InChI is InChI=1S/C24H21N5O2S/c1-24(9-10-24)28-32(30,31)18-7-8-21(26-14-18)22-20(12-25)19-11-16(15-5-6-15)13-27-23(19)29(22)17-3-2-4-17/h2-4,7-8,11,13-15,28H,5-6,9-10H2,1H3. The number of sulfonamides is 1. The molecule has 3 aliphatic rings. The molecule has 2 fully saturated rings. The normalized spacial score (nSPS) is 18.8. The topological polar surface area (TPSA) is 101 Å². The lowest BCUT2D eigenvalue weighted by Gasteiger charge is -2.15. The Morgan fingerprint density at radius 1 is 1.22 bits per heavy atom. The Balaban J connectivity index is 1.49. The van der Waals surface area contributed by atoms with Crippen molar-refractivity contribution in [2.45, 2.75) is 49.0 Å². The Hall–Kier alpha value is -3.28. The molecule has 3 aromatic rings. The zero-order chi connectivity index (χ0) is 22.1. The van der Waals surface area contributed by atoms with Gasteiger partial charge in [-0.25, -0.2) is 18.1 Å². The molecular formula is C24H21N5O2S. The van der Waals surface area contributed by atoms with E-state index in [9.17, 15) is 13.7 Å². The summed E-state index contributed by atoms with van der Waals surface area (Å²) in [5, 5.41) is 10.9. The molecule has 0 aliphatic heterocycles. The van der Waals surface area contributed by atoms with E-state index in [1.165, 1.54) is 6.20 Å². The first kappa shape index (κ1) is 19.4. The highest BCUT2D eigenvalue weighted by Crippen LogP contribution is 2.43. The summed E-state index contributed by atoms with van der Waals surface area (Å²) in [5.41, 5.74) is 4.09. The zero-order valence-electron chi connectivity index (χ0n) is 17.5. The van der Waals surface area contributed by atoms with Crippen LogP contribution < -0.4 is 4.72 Å². The predicted octanol–water partition coefficient (Wildman–Crippen LogP) is 4.09. The molecule has 0 radical (unpaired) electrons. The highest BCUT2D eigenvalue weighted by atomic mass is 32.2. The van der Waals surface area contributed by atoms with E-state index in [1.54, 1.807) is 12.1 Å². The van der Waals surface area contributed by atoms with Gasteiger partial charge in [-0.1, -0.05) is 6.08 Å². The number of aromatic nitrogens is 3. The molecule has 0 saturated heterocycles. The molecule has 3 aromatic heterocycles. The molecule has 2 saturated carbocycles. The summed E-state index contributed by atoms with van der Waals surface area (Å²) in [4.78, 5) is 9.30. The SMILES string of the molecule is CC1(NS(=O)(=O)c2ccc(-c3c(C#N)c4cc(C5CC5)cnc4n3C3=CC=C3)nc2)CC1. The number of hydrogen-bond donors (Lipinski definition) is 1. The van der Waals surface area contributed by atoms with E-state index in [4.69, 9.17) is 4.98 Å². The van der Waals surface area contributed by atoms with Crippen LogP contribution in [0, 0.1) is 11.3 Å². The minimum atomic E-state index is -3.64. The zero-order valence-corrected chi connectivity index (χ0v) is 18.4. The van der Waals surface area contributed by atoms with Crippen molar-refractivity contribution in [3.63, 3.8) is 0 Å². The highest BCUT2D eigenvalue weighted by molar-refractivity contribution is 7.89. The van der Waals surface area contributed by atoms with E-state index < -0.39 is 10.0 Å². The first-order valence-corrected chi connectivity index (χ1v) is 12.2. The van der Waals surface area contributed by atoms with Crippen LogP contribution in [0.3, 0.4) is 0 Å². The molecule has 3 heterocycles. The molecule has 1 N–H and O–H groups in total. The largest absolute Gasteiger partial charge is 0.291 e. The fourth-order valence-corrected chi connectivity index (χ4v) is 5.52. The van der Waals surface area contributed by atoms with Crippen molar-refractivity contribution < 1.29 is 8.42 Å². The summed E-state index contributed by atoms with van der Waals surface area (Å²) in [5.74, 6) is 0.525. The van der Waals surface area contributed by atoms with E-state index in [2.05, 4.69) is 21.8 Å². The third-order valence-corrected chi connectivity index (χ3v) is 8.08. The summed E-state index contributed by atoms with van der Waals surface area (Å²) in [6.07, 6.45) is 13.1. The maximum absolute atomic E-state index is 12.7. The van der Waals surface area contributed by atoms with E-state index >= 15 is 0 Å². The molecule has 0 spiro atoms. The van der Waals surface area contributed by atoms with Crippen molar-refractivity contribution in [3.05, 3.63) is 59.9 Å². The van der Waals surface area contributed by atoms with Gasteiger partial charge in [-0.2, -0.15) is 5.26 Å². The van der Waals surface area contributed by atoms with Gasteiger partial charge in [0.15, 0.2) is 0 Å². The lowest BCUT2D eigenvalue weighted by atomic mass is 10.1. The smallest absolute Gasteiger partial charge is 0.242 e. The molecule has 6 rings (SSSR count). The van der Waals surface area contributed by atoms with E-state index in [0.29, 0.717) is 28.5 Å². The van der Waals surface area contributed by atoms with Crippen molar-refractivity contribution in [1.29, 1.82) is 5.26 Å². The minimum Gasteiger partial charge on any atom is -0.291 e. The van der Waals surface area contributed by atoms with Crippen LogP contribution >= 0.6 is 0 Å². The Bertz CT molecular complexity index is 1480. The van der Waals surface area contributed by atoms with Crippen LogP contribution in [0.2, 0.25) is 0 Å². The van der Waals surface area contributed by atoms with Crippen molar-refractivity contribution in [2.75, 3.05) is 0 Å². The molecule has 7 nitrogen and oxygen atoms in total. The van der Waals surface area contributed by atoms with Gasteiger partial charge in [-0.05, 0) is 74.4 Å². The number of fused-ring (bicyclic) bond motifs is 1. The van der Waals surface area contributed by atoms with E-state index in [1.807, 2.05) is 35.9 Å². The van der Waals surface area contributed by atoms with Gasteiger partial charge < -0.3 is 0 Å². The van der Waals surface area contributed by atoms with Crippen LogP contribution in [0.15, 0.2) is 53.7 Å². The van der Waals surface area contributed by atoms with Crippen molar-refractivity contribution in [1.82, 2.24) is 19.3 Å². The predicted molar refractivity (Wildman–Crippen MR) is 121 cm³/mol. The maximum Gasteiger partial charge on any atom is 0.242 e. The van der Waals surface area contributed by atoms with Gasteiger partial charge in [0.05, 0.1) is 17.0 Å². The Kier molecular flexibility index (Phi) is 4.01. The van der Waals surface area contributed by atoms with Gasteiger partial charge in [0, 0.05) is 29.0 Å². The van der Waals surface area contributed by atoms with Gasteiger partial charge in [-0.3, -0.25) is 9.55 Å². The maximum atomic E-state index is 12.7. The minimum absolute atomic E-state index is 0.118.